The highest BCUT2D eigenvalue weighted by atomic mass is 16.6. The Morgan fingerprint density at radius 1 is 1.03 bits per heavy atom. The Hall–Kier alpha value is -1.48. The van der Waals surface area contributed by atoms with Crippen LogP contribution in [0.4, 0.5) is 0 Å². The van der Waals surface area contributed by atoms with Gasteiger partial charge in [-0.15, -0.1) is 0 Å². The number of esters is 2. The minimum atomic E-state index is -1.26. The average Bonchev–Trinajstić information content (AvgIpc) is 3.14. The Bertz CT molecular complexity index is 715. The van der Waals surface area contributed by atoms with Crippen molar-refractivity contribution in [2.45, 2.75) is 115 Å². The molecular formula is C25H42O8. The molecule has 2 aliphatic heterocycles. The van der Waals surface area contributed by atoms with Gasteiger partial charge in [0.1, 0.15) is 11.7 Å². The van der Waals surface area contributed by atoms with Crippen LogP contribution in [0.5, 0.6) is 0 Å². The van der Waals surface area contributed by atoms with Crippen LogP contribution in [0.15, 0.2) is 12.2 Å². The zero-order chi connectivity index (χ0) is 25.0. The summed E-state index contributed by atoms with van der Waals surface area (Å²) < 4.78 is 22.8. The summed E-state index contributed by atoms with van der Waals surface area (Å²) in [6, 6.07) is 0. The standard InChI is InChI=1S/C25H42O8/c1-8-31-22(27)16(2)18-9-12-23(4,28)19-11-14-25(6,33-19)20(32-17(3)26)10-13-24(5,29)21(15-18)30-7/h18-21,28-29H,2,8-15H2,1,3-7H3. The molecule has 2 saturated heterocycles. The number of carbonyl (C=O) groups is 2. The van der Waals surface area contributed by atoms with Gasteiger partial charge in [0.05, 0.1) is 30.0 Å². The third-order valence-corrected chi connectivity index (χ3v) is 7.42. The molecular weight excluding hydrogens is 428 g/mol. The highest BCUT2D eigenvalue weighted by Crippen LogP contribution is 2.43. The first-order chi connectivity index (χ1) is 15.3. The van der Waals surface area contributed by atoms with E-state index in [0.717, 1.165) is 0 Å². The largest absolute Gasteiger partial charge is 0.463 e. The molecule has 0 aromatic carbocycles. The second-order valence-electron chi connectivity index (χ2n) is 10.3. The highest BCUT2D eigenvalue weighted by molar-refractivity contribution is 5.88. The van der Waals surface area contributed by atoms with E-state index in [-0.39, 0.29) is 12.5 Å². The summed E-state index contributed by atoms with van der Waals surface area (Å²) in [5.74, 6) is -1.26. The van der Waals surface area contributed by atoms with Gasteiger partial charge in [0.2, 0.25) is 0 Å². The number of methoxy groups -OCH3 is 1. The van der Waals surface area contributed by atoms with Crippen LogP contribution in [-0.2, 0) is 28.5 Å². The van der Waals surface area contributed by atoms with Crippen molar-refractivity contribution < 1.29 is 38.7 Å². The summed E-state index contributed by atoms with van der Waals surface area (Å²) >= 11 is 0. The second-order valence-corrected chi connectivity index (χ2v) is 10.3. The van der Waals surface area contributed by atoms with Crippen molar-refractivity contribution >= 4 is 11.9 Å². The summed E-state index contributed by atoms with van der Waals surface area (Å²) in [6.45, 7) is 12.6. The van der Waals surface area contributed by atoms with Crippen molar-refractivity contribution in [2.75, 3.05) is 13.7 Å². The van der Waals surface area contributed by atoms with Crippen LogP contribution in [0.25, 0.3) is 0 Å². The Morgan fingerprint density at radius 3 is 2.24 bits per heavy atom. The van der Waals surface area contributed by atoms with E-state index in [2.05, 4.69) is 6.58 Å². The Balaban J connectivity index is 2.41. The summed E-state index contributed by atoms with van der Waals surface area (Å²) in [6.07, 6.45) is 1.38. The maximum Gasteiger partial charge on any atom is 0.333 e. The Kier molecular flexibility index (Phi) is 9.12. The minimum Gasteiger partial charge on any atom is -0.463 e. The van der Waals surface area contributed by atoms with E-state index < -0.39 is 47.1 Å². The smallest absolute Gasteiger partial charge is 0.333 e. The van der Waals surface area contributed by atoms with Crippen molar-refractivity contribution in [1.82, 2.24) is 0 Å². The molecule has 2 N–H and O–H groups in total. The van der Waals surface area contributed by atoms with Crippen LogP contribution in [0.3, 0.4) is 0 Å². The number of fused-ring (bicyclic) bond motifs is 2. The predicted octanol–water partition coefficient (Wildman–Crippen LogP) is 3.07. The number of rotatable bonds is 5. The molecule has 33 heavy (non-hydrogen) atoms. The van der Waals surface area contributed by atoms with Crippen LogP contribution >= 0.6 is 0 Å². The van der Waals surface area contributed by atoms with Crippen molar-refractivity contribution in [2.24, 2.45) is 5.92 Å². The molecule has 2 rings (SSSR count). The molecule has 2 fully saturated rings. The lowest BCUT2D eigenvalue weighted by Gasteiger charge is -2.38. The molecule has 2 bridgehead atoms. The van der Waals surface area contributed by atoms with Gasteiger partial charge in [0.25, 0.3) is 0 Å². The third-order valence-electron chi connectivity index (χ3n) is 7.42. The molecule has 2 aliphatic rings. The zero-order valence-electron chi connectivity index (χ0n) is 21.0. The molecule has 0 spiro atoms. The van der Waals surface area contributed by atoms with E-state index >= 15 is 0 Å². The molecule has 0 aromatic heterocycles. The van der Waals surface area contributed by atoms with E-state index in [1.165, 1.54) is 14.0 Å². The third kappa shape index (κ3) is 6.78. The fourth-order valence-corrected chi connectivity index (χ4v) is 5.12. The van der Waals surface area contributed by atoms with Crippen LogP contribution in [0.2, 0.25) is 0 Å². The predicted molar refractivity (Wildman–Crippen MR) is 122 cm³/mol. The number of hydrogen-bond donors (Lipinski definition) is 2. The summed E-state index contributed by atoms with van der Waals surface area (Å²) in [5, 5.41) is 22.6. The lowest BCUT2D eigenvalue weighted by molar-refractivity contribution is -0.186. The van der Waals surface area contributed by atoms with E-state index in [4.69, 9.17) is 18.9 Å². The number of ether oxygens (including phenoxy) is 4. The summed E-state index contributed by atoms with van der Waals surface area (Å²) in [5.41, 5.74) is -2.90. The van der Waals surface area contributed by atoms with E-state index in [1.54, 1.807) is 20.8 Å². The molecule has 0 saturated carbocycles. The van der Waals surface area contributed by atoms with Gasteiger partial charge in [0, 0.05) is 19.6 Å². The minimum absolute atomic E-state index is 0.236. The Morgan fingerprint density at radius 2 is 1.67 bits per heavy atom. The van der Waals surface area contributed by atoms with Gasteiger partial charge in [-0.25, -0.2) is 4.79 Å². The van der Waals surface area contributed by atoms with Gasteiger partial charge in [-0.05, 0) is 78.6 Å². The Labute approximate surface area is 197 Å². The van der Waals surface area contributed by atoms with Gasteiger partial charge < -0.3 is 29.2 Å². The molecule has 190 valence electrons. The molecule has 0 radical (unpaired) electrons. The fraction of sp³-hybridized carbons (Fsp3) is 0.840. The van der Waals surface area contributed by atoms with Gasteiger partial charge >= 0.3 is 11.9 Å². The SMILES string of the molecule is C=C(C(=O)OCC)C1CCC(C)(O)C2CCC(C)(O2)C(OC(C)=O)CCC(C)(O)C(OC)C1. The van der Waals surface area contributed by atoms with Crippen LogP contribution in [0.1, 0.15) is 79.6 Å². The molecule has 0 aliphatic carbocycles. The van der Waals surface area contributed by atoms with Gasteiger partial charge in [-0.1, -0.05) is 6.58 Å². The monoisotopic (exact) mass is 470 g/mol. The van der Waals surface area contributed by atoms with Crippen LogP contribution < -0.4 is 0 Å². The van der Waals surface area contributed by atoms with Gasteiger partial charge in [0.15, 0.2) is 0 Å². The first-order valence-corrected chi connectivity index (χ1v) is 11.9. The van der Waals surface area contributed by atoms with Crippen molar-refractivity contribution in [3.05, 3.63) is 12.2 Å². The molecule has 7 unspecified atom stereocenters. The van der Waals surface area contributed by atoms with E-state index in [0.29, 0.717) is 50.5 Å². The second kappa shape index (κ2) is 10.8. The maximum absolute atomic E-state index is 12.4. The van der Waals surface area contributed by atoms with Crippen LogP contribution in [-0.4, -0.2) is 71.0 Å². The zero-order valence-corrected chi connectivity index (χ0v) is 21.0. The number of hydrogen-bond acceptors (Lipinski definition) is 8. The molecule has 8 heteroatoms. The molecule has 0 aromatic rings. The van der Waals surface area contributed by atoms with E-state index in [1.807, 2.05) is 6.92 Å². The van der Waals surface area contributed by atoms with Crippen molar-refractivity contribution in [1.29, 1.82) is 0 Å². The number of carbonyl (C=O) groups excluding carboxylic acids is 2. The lowest BCUT2D eigenvalue weighted by Crippen LogP contribution is -2.47. The number of aliphatic hydroxyl groups is 2. The summed E-state index contributed by atoms with van der Waals surface area (Å²) in [7, 11) is 1.52. The fourth-order valence-electron chi connectivity index (χ4n) is 5.12. The van der Waals surface area contributed by atoms with Gasteiger partial charge in [-0.3, -0.25) is 4.79 Å². The highest BCUT2D eigenvalue weighted by Gasteiger charge is 2.50. The van der Waals surface area contributed by atoms with Gasteiger partial charge in [-0.2, -0.15) is 0 Å². The van der Waals surface area contributed by atoms with E-state index in [9.17, 15) is 19.8 Å². The molecule has 7 atom stereocenters. The quantitative estimate of drug-likeness (QED) is 0.466. The summed E-state index contributed by atoms with van der Waals surface area (Å²) in [4.78, 5) is 24.3. The first kappa shape index (κ1) is 27.8. The van der Waals surface area contributed by atoms with Crippen LogP contribution in [0, 0.1) is 5.92 Å². The maximum atomic E-state index is 12.4. The molecule has 2 heterocycles. The first-order valence-electron chi connectivity index (χ1n) is 11.9. The lowest BCUT2D eigenvalue weighted by atomic mass is 9.78. The normalized spacial score (nSPS) is 40.1. The molecule has 0 amide bonds. The van der Waals surface area contributed by atoms with Crippen molar-refractivity contribution in [3.63, 3.8) is 0 Å². The molecule has 8 nitrogen and oxygen atoms in total. The van der Waals surface area contributed by atoms with Crippen molar-refractivity contribution in [3.8, 4) is 0 Å². The average molecular weight is 471 g/mol. The topological polar surface area (TPSA) is 112 Å².